The average molecular weight is 455 g/mol. The third-order valence-corrected chi connectivity index (χ3v) is 5.74. The van der Waals surface area contributed by atoms with Crippen molar-refractivity contribution in [3.63, 3.8) is 0 Å². The van der Waals surface area contributed by atoms with Crippen LogP contribution >= 0.6 is 0 Å². The highest BCUT2D eigenvalue weighted by Crippen LogP contribution is 2.40. The zero-order chi connectivity index (χ0) is 24.4. The molecule has 0 fully saturated rings. The second-order valence-corrected chi connectivity index (χ2v) is 8.39. The monoisotopic (exact) mass is 454 g/mol. The van der Waals surface area contributed by atoms with Gasteiger partial charge in [-0.2, -0.15) is 0 Å². The van der Waals surface area contributed by atoms with Crippen molar-refractivity contribution >= 4 is 11.9 Å². The van der Waals surface area contributed by atoms with Gasteiger partial charge in [0, 0.05) is 22.8 Å². The molecule has 5 nitrogen and oxygen atoms in total. The SMILES string of the molecule is C=C(C)C(=O)Oc1ccc2c(c1)CCc1cc(-c3ccc(OC(=O)C(=C)C)cc3OC)ccc1-2. The number of carbonyl (C=O) groups is 2. The molecule has 0 radical (unpaired) electrons. The van der Waals surface area contributed by atoms with Crippen LogP contribution in [0.2, 0.25) is 0 Å². The molecule has 172 valence electrons. The van der Waals surface area contributed by atoms with Crippen LogP contribution in [0.3, 0.4) is 0 Å². The number of hydrogen-bond acceptors (Lipinski definition) is 5. The molecule has 0 heterocycles. The summed E-state index contributed by atoms with van der Waals surface area (Å²) in [7, 11) is 1.59. The highest BCUT2D eigenvalue weighted by Gasteiger charge is 2.19. The molecule has 3 aromatic carbocycles. The fraction of sp³-hybridized carbons (Fsp3) is 0.172. The summed E-state index contributed by atoms with van der Waals surface area (Å²) in [6.45, 7) is 10.5. The van der Waals surface area contributed by atoms with Crippen LogP contribution in [-0.2, 0) is 22.4 Å². The van der Waals surface area contributed by atoms with E-state index in [1.807, 2.05) is 24.3 Å². The standard InChI is InChI=1S/C29H26O5/c1-17(2)28(30)33-22-9-12-25-21(15-22)7-6-19-14-20(8-11-24(19)25)26-13-10-23(16-27(26)32-5)34-29(31)18(3)4/h8-16H,1,3,6-7H2,2,4-5H3. The Kier molecular flexibility index (Phi) is 6.37. The molecule has 1 aliphatic rings. The Hall–Kier alpha value is -4.12. The fourth-order valence-corrected chi connectivity index (χ4v) is 3.97. The predicted molar refractivity (Wildman–Crippen MR) is 132 cm³/mol. The van der Waals surface area contributed by atoms with E-state index in [2.05, 4.69) is 31.4 Å². The Bertz CT molecular complexity index is 1330. The summed E-state index contributed by atoms with van der Waals surface area (Å²) < 4.78 is 16.3. The Morgan fingerprint density at radius 3 is 1.76 bits per heavy atom. The fourth-order valence-electron chi connectivity index (χ4n) is 3.97. The van der Waals surface area contributed by atoms with Crippen molar-refractivity contribution in [2.24, 2.45) is 0 Å². The molecule has 0 spiro atoms. The molecule has 0 aromatic heterocycles. The molecule has 34 heavy (non-hydrogen) atoms. The van der Waals surface area contributed by atoms with E-state index in [1.165, 1.54) is 5.56 Å². The summed E-state index contributed by atoms with van der Waals surface area (Å²) in [6.07, 6.45) is 1.71. The molecule has 5 heteroatoms. The molecule has 3 aromatic rings. The summed E-state index contributed by atoms with van der Waals surface area (Å²) in [5.41, 5.74) is 7.31. The number of ether oxygens (including phenoxy) is 3. The van der Waals surface area contributed by atoms with Crippen LogP contribution in [0.4, 0.5) is 0 Å². The predicted octanol–water partition coefficient (Wildman–Crippen LogP) is 6.09. The first-order valence-electron chi connectivity index (χ1n) is 11.0. The average Bonchev–Trinajstić information content (AvgIpc) is 2.83. The third-order valence-electron chi connectivity index (χ3n) is 5.74. The van der Waals surface area contributed by atoms with E-state index in [0.29, 0.717) is 28.4 Å². The van der Waals surface area contributed by atoms with Crippen molar-refractivity contribution in [1.29, 1.82) is 0 Å². The van der Waals surface area contributed by atoms with Gasteiger partial charge in [-0.1, -0.05) is 37.4 Å². The van der Waals surface area contributed by atoms with Crippen LogP contribution in [0.15, 0.2) is 78.9 Å². The second kappa shape index (κ2) is 9.40. The molecule has 0 N–H and O–H groups in total. The minimum Gasteiger partial charge on any atom is -0.496 e. The normalized spacial score (nSPS) is 11.6. The lowest BCUT2D eigenvalue weighted by molar-refractivity contribution is -0.130. The smallest absolute Gasteiger partial charge is 0.338 e. The van der Waals surface area contributed by atoms with Crippen LogP contribution in [0.25, 0.3) is 22.3 Å². The molecular formula is C29H26O5. The van der Waals surface area contributed by atoms with Crippen LogP contribution < -0.4 is 14.2 Å². The third kappa shape index (κ3) is 4.64. The number of benzene rings is 3. The Morgan fingerprint density at radius 2 is 1.21 bits per heavy atom. The van der Waals surface area contributed by atoms with E-state index in [4.69, 9.17) is 14.2 Å². The summed E-state index contributed by atoms with van der Waals surface area (Å²) in [4.78, 5) is 23.7. The molecule has 0 aliphatic heterocycles. The highest BCUT2D eigenvalue weighted by atomic mass is 16.5. The topological polar surface area (TPSA) is 61.8 Å². The van der Waals surface area contributed by atoms with Gasteiger partial charge in [-0.25, -0.2) is 9.59 Å². The van der Waals surface area contributed by atoms with Gasteiger partial charge in [-0.3, -0.25) is 0 Å². The van der Waals surface area contributed by atoms with Gasteiger partial charge in [0.2, 0.25) is 0 Å². The maximum Gasteiger partial charge on any atom is 0.338 e. The largest absolute Gasteiger partial charge is 0.496 e. The van der Waals surface area contributed by atoms with Gasteiger partial charge in [0.25, 0.3) is 0 Å². The van der Waals surface area contributed by atoms with Crippen molar-refractivity contribution < 1.29 is 23.8 Å². The molecule has 0 saturated heterocycles. The van der Waals surface area contributed by atoms with Gasteiger partial charge in [-0.15, -0.1) is 0 Å². The zero-order valence-corrected chi connectivity index (χ0v) is 19.6. The summed E-state index contributed by atoms with van der Waals surface area (Å²) >= 11 is 0. The maximum absolute atomic E-state index is 11.8. The quantitative estimate of drug-likeness (QED) is 0.256. The summed E-state index contributed by atoms with van der Waals surface area (Å²) in [5, 5.41) is 0. The van der Waals surface area contributed by atoms with Crippen molar-refractivity contribution in [2.45, 2.75) is 26.7 Å². The number of hydrogen-bond donors (Lipinski definition) is 0. The van der Waals surface area contributed by atoms with Gasteiger partial charge in [0.1, 0.15) is 17.2 Å². The molecular weight excluding hydrogens is 428 g/mol. The van der Waals surface area contributed by atoms with Crippen molar-refractivity contribution in [1.82, 2.24) is 0 Å². The van der Waals surface area contributed by atoms with E-state index >= 15 is 0 Å². The minimum atomic E-state index is -0.472. The number of fused-ring (bicyclic) bond motifs is 3. The number of aryl methyl sites for hydroxylation is 2. The number of carbonyl (C=O) groups excluding carboxylic acids is 2. The van der Waals surface area contributed by atoms with E-state index in [0.717, 1.165) is 40.7 Å². The van der Waals surface area contributed by atoms with Crippen LogP contribution in [-0.4, -0.2) is 19.0 Å². The lowest BCUT2D eigenvalue weighted by Gasteiger charge is -2.22. The highest BCUT2D eigenvalue weighted by molar-refractivity contribution is 5.90. The van der Waals surface area contributed by atoms with E-state index in [1.54, 1.807) is 33.1 Å². The lowest BCUT2D eigenvalue weighted by atomic mass is 9.84. The molecule has 4 rings (SSSR count). The van der Waals surface area contributed by atoms with Gasteiger partial charge >= 0.3 is 11.9 Å². The first-order valence-corrected chi connectivity index (χ1v) is 11.0. The molecule has 0 atom stereocenters. The summed E-state index contributed by atoms with van der Waals surface area (Å²) in [6, 6.07) is 17.4. The maximum atomic E-state index is 11.8. The number of rotatable bonds is 6. The number of methoxy groups -OCH3 is 1. The molecule has 0 bridgehead atoms. The lowest BCUT2D eigenvalue weighted by Crippen LogP contribution is -2.10. The summed E-state index contributed by atoms with van der Waals surface area (Å²) in [5.74, 6) is 0.662. The first-order chi connectivity index (χ1) is 16.3. The van der Waals surface area contributed by atoms with Gasteiger partial charge in [0.15, 0.2) is 0 Å². The van der Waals surface area contributed by atoms with E-state index < -0.39 is 11.9 Å². The Balaban J connectivity index is 1.63. The molecule has 0 unspecified atom stereocenters. The number of esters is 2. The van der Waals surface area contributed by atoms with Crippen molar-refractivity contribution in [2.75, 3.05) is 7.11 Å². The molecule has 1 aliphatic carbocycles. The van der Waals surface area contributed by atoms with E-state index in [9.17, 15) is 9.59 Å². The molecule has 0 amide bonds. The van der Waals surface area contributed by atoms with Crippen LogP contribution in [0.1, 0.15) is 25.0 Å². The Labute approximate surface area is 199 Å². The molecule has 0 saturated carbocycles. The van der Waals surface area contributed by atoms with Gasteiger partial charge < -0.3 is 14.2 Å². The minimum absolute atomic E-state index is 0.333. The van der Waals surface area contributed by atoms with Crippen molar-refractivity contribution in [3.05, 3.63) is 90.0 Å². The Morgan fingerprint density at radius 1 is 0.706 bits per heavy atom. The first kappa shape index (κ1) is 23.1. The van der Waals surface area contributed by atoms with Crippen molar-refractivity contribution in [3.8, 4) is 39.5 Å². The van der Waals surface area contributed by atoms with Crippen LogP contribution in [0, 0.1) is 0 Å². The van der Waals surface area contributed by atoms with E-state index in [-0.39, 0.29) is 0 Å². The van der Waals surface area contributed by atoms with Gasteiger partial charge in [-0.05, 0) is 78.8 Å². The zero-order valence-electron chi connectivity index (χ0n) is 19.6. The second-order valence-electron chi connectivity index (χ2n) is 8.39. The van der Waals surface area contributed by atoms with Crippen LogP contribution in [0.5, 0.6) is 17.2 Å². The van der Waals surface area contributed by atoms with Gasteiger partial charge in [0.05, 0.1) is 7.11 Å².